The van der Waals surface area contributed by atoms with Crippen molar-refractivity contribution in [2.24, 2.45) is 0 Å². The Morgan fingerprint density at radius 2 is 1.50 bits per heavy atom. The van der Waals surface area contributed by atoms with Crippen LogP contribution < -0.4 is 5.32 Å². The van der Waals surface area contributed by atoms with Crippen molar-refractivity contribution in [3.63, 3.8) is 0 Å². The van der Waals surface area contributed by atoms with Crippen LogP contribution in [0.2, 0.25) is 0 Å². The van der Waals surface area contributed by atoms with E-state index < -0.39 is 0 Å². The van der Waals surface area contributed by atoms with E-state index in [9.17, 15) is 0 Å². The maximum absolute atomic E-state index is 6.33. The first-order valence-electron chi connectivity index (χ1n) is 8.22. The summed E-state index contributed by atoms with van der Waals surface area (Å²) in [6.45, 7) is 3.45. The molecule has 0 aliphatic heterocycles. The molecule has 2 heteroatoms. The van der Waals surface area contributed by atoms with Crippen LogP contribution in [0.4, 0.5) is 0 Å². The Balaban J connectivity index is 1.83. The molecule has 108 valence electrons. The lowest BCUT2D eigenvalue weighted by molar-refractivity contribution is 0.375. The molecule has 1 saturated carbocycles. The fourth-order valence-electron chi connectivity index (χ4n) is 2.86. The average Bonchev–Trinajstić information content (AvgIpc) is 2.39. The Morgan fingerprint density at radius 3 is 2.17 bits per heavy atom. The number of hydrogen-bond donors (Lipinski definition) is 1. The van der Waals surface area contributed by atoms with Gasteiger partial charge in [0, 0.05) is 11.4 Å². The highest BCUT2D eigenvalue weighted by Gasteiger charge is 2.21. The Bertz CT molecular complexity index is 184. The van der Waals surface area contributed by atoms with E-state index in [-0.39, 0.29) is 0 Å². The molecule has 2 unspecified atom stereocenters. The van der Waals surface area contributed by atoms with E-state index >= 15 is 0 Å². The zero-order valence-electron chi connectivity index (χ0n) is 12.2. The molecule has 0 heterocycles. The van der Waals surface area contributed by atoms with Crippen LogP contribution in [0.3, 0.4) is 0 Å². The van der Waals surface area contributed by atoms with Crippen LogP contribution in [0.25, 0.3) is 0 Å². The third-order valence-electron chi connectivity index (χ3n) is 4.12. The average molecular weight is 274 g/mol. The summed E-state index contributed by atoms with van der Waals surface area (Å²) in [5.74, 6) is 0. The standard InChI is InChI=1S/C16H32ClN/c1-2-3-4-5-6-7-8-11-14-18-16-13-10-9-12-15(16)17/h15-16,18H,2-14H2,1H3. The van der Waals surface area contributed by atoms with Gasteiger partial charge in [0.1, 0.15) is 0 Å². The van der Waals surface area contributed by atoms with Gasteiger partial charge in [-0.2, -0.15) is 0 Å². The smallest absolute Gasteiger partial charge is 0.0489 e. The quantitative estimate of drug-likeness (QED) is 0.422. The SMILES string of the molecule is CCCCCCCCCCNC1CCCCC1Cl. The molecule has 1 aliphatic rings. The number of alkyl halides is 1. The van der Waals surface area contributed by atoms with Crippen LogP contribution >= 0.6 is 11.6 Å². The molecule has 0 radical (unpaired) electrons. The molecule has 1 N–H and O–H groups in total. The lowest BCUT2D eigenvalue weighted by atomic mass is 9.95. The van der Waals surface area contributed by atoms with Crippen molar-refractivity contribution in [3.05, 3.63) is 0 Å². The van der Waals surface area contributed by atoms with Crippen molar-refractivity contribution in [2.45, 2.75) is 95.4 Å². The maximum atomic E-state index is 6.33. The molecule has 1 aliphatic carbocycles. The lowest BCUT2D eigenvalue weighted by Gasteiger charge is -2.28. The second-order valence-electron chi connectivity index (χ2n) is 5.84. The van der Waals surface area contributed by atoms with Crippen LogP contribution in [0.5, 0.6) is 0 Å². The fraction of sp³-hybridized carbons (Fsp3) is 1.00. The minimum atomic E-state index is 0.382. The van der Waals surface area contributed by atoms with Gasteiger partial charge >= 0.3 is 0 Å². The van der Waals surface area contributed by atoms with E-state index in [1.807, 2.05) is 0 Å². The van der Waals surface area contributed by atoms with Crippen LogP contribution in [-0.4, -0.2) is 18.0 Å². The van der Waals surface area contributed by atoms with Gasteiger partial charge in [-0.15, -0.1) is 11.6 Å². The van der Waals surface area contributed by atoms with Gasteiger partial charge in [0.2, 0.25) is 0 Å². The summed E-state index contributed by atoms with van der Waals surface area (Å²) in [6.07, 6.45) is 16.4. The Hall–Kier alpha value is 0.250. The Morgan fingerprint density at radius 1 is 0.889 bits per heavy atom. The van der Waals surface area contributed by atoms with Gasteiger partial charge in [-0.25, -0.2) is 0 Å². The summed E-state index contributed by atoms with van der Waals surface area (Å²) < 4.78 is 0. The van der Waals surface area contributed by atoms with Crippen LogP contribution in [0.1, 0.15) is 84.0 Å². The van der Waals surface area contributed by atoms with Crippen molar-refractivity contribution >= 4 is 11.6 Å². The highest BCUT2D eigenvalue weighted by molar-refractivity contribution is 6.21. The lowest BCUT2D eigenvalue weighted by Crippen LogP contribution is -2.39. The van der Waals surface area contributed by atoms with E-state index in [0.717, 1.165) is 0 Å². The van der Waals surface area contributed by atoms with Gasteiger partial charge in [0.05, 0.1) is 0 Å². The van der Waals surface area contributed by atoms with E-state index in [1.54, 1.807) is 0 Å². The topological polar surface area (TPSA) is 12.0 Å². The van der Waals surface area contributed by atoms with Crippen LogP contribution in [0, 0.1) is 0 Å². The third-order valence-corrected chi connectivity index (χ3v) is 4.64. The van der Waals surface area contributed by atoms with Crippen molar-refractivity contribution in [2.75, 3.05) is 6.54 Å². The molecule has 18 heavy (non-hydrogen) atoms. The van der Waals surface area contributed by atoms with Crippen molar-refractivity contribution in [1.82, 2.24) is 5.32 Å². The predicted molar refractivity (Wildman–Crippen MR) is 82.5 cm³/mol. The molecule has 0 aromatic carbocycles. The minimum absolute atomic E-state index is 0.382. The summed E-state index contributed by atoms with van der Waals surface area (Å²) in [6, 6.07) is 0.588. The minimum Gasteiger partial charge on any atom is -0.313 e. The van der Waals surface area contributed by atoms with Gasteiger partial charge in [-0.3, -0.25) is 0 Å². The van der Waals surface area contributed by atoms with Crippen LogP contribution in [0.15, 0.2) is 0 Å². The molecule has 1 rings (SSSR count). The van der Waals surface area contributed by atoms with E-state index in [2.05, 4.69) is 12.2 Å². The number of nitrogens with one attached hydrogen (secondary N) is 1. The van der Waals surface area contributed by atoms with E-state index in [4.69, 9.17) is 11.6 Å². The second kappa shape index (κ2) is 11.1. The molecule has 1 nitrogen and oxygen atoms in total. The molecule has 0 bridgehead atoms. The number of rotatable bonds is 10. The molecular weight excluding hydrogens is 242 g/mol. The van der Waals surface area contributed by atoms with Crippen molar-refractivity contribution in [1.29, 1.82) is 0 Å². The normalized spacial score (nSPS) is 24.3. The summed E-state index contributed by atoms with van der Waals surface area (Å²) >= 11 is 6.33. The second-order valence-corrected chi connectivity index (χ2v) is 6.40. The van der Waals surface area contributed by atoms with Gasteiger partial charge in [-0.1, -0.05) is 64.7 Å². The molecule has 0 saturated heterocycles. The Labute approximate surface area is 119 Å². The first-order chi connectivity index (χ1) is 8.84. The molecule has 0 spiro atoms. The highest BCUT2D eigenvalue weighted by Crippen LogP contribution is 2.22. The molecule has 0 aromatic heterocycles. The molecule has 0 amide bonds. The first-order valence-corrected chi connectivity index (χ1v) is 8.65. The van der Waals surface area contributed by atoms with Gasteiger partial charge in [-0.05, 0) is 25.8 Å². The number of unbranched alkanes of at least 4 members (excludes halogenated alkanes) is 7. The summed E-state index contributed by atoms with van der Waals surface area (Å²) in [7, 11) is 0. The largest absolute Gasteiger partial charge is 0.313 e. The number of hydrogen-bond acceptors (Lipinski definition) is 1. The Kier molecular flexibility index (Phi) is 10.1. The summed E-state index contributed by atoms with van der Waals surface area (Å²) in [5.41, 5.74) is 0. The maximum Gasteiger partial charge on any atom is 0.0489 e. The van der Waals surface area contributed by atoms with E-state index in [0.29, 0.717) is 11.4 Å². The summed E-state index contributed by atoms with van der Waals surface area (Å²) in [5, 5.41) is 4.03. The molecule has 0 aromatic rings. The van der Waals surface area contributed by atoms with Gasteiger partial charge in [0.25, 0.3) is 0 Å². The van der Waals surface area contributed by atoms with Crippen molar-refractivity contribution < 1.29 is 0 Å². The van der Waals surface area contributed by atoms with Crippen molar-refractivity contribution in [3.8, 4) is 0 Å². The zero-order chi connectivity index (χ0) is 13.1. The molecular formula is C16H32ClN. The molecule has 2 atom stereocenters. The highest BCUT2D eigenvalue weighted by atomic mass is 35.5. The predicted octanol–water partition coefficient (Wildman–Crippen LogP) is 5.27. The van der Waals surface area contributed by atoms with Gasteiger partial charge in [0.15, 0.2) is 0 Å². The fourth-order valence-corrected chi connectivity index (χ4v) is 3.23. The zero-order valence-corrected chi connectivity index (χ0v) is 13.0. The monoisotopic (exact) mass is 273 g/mol. The summed E-state index contributed by atoms with van der Waals surface area (Å²) in [4.78, 5) is 0. The molecule has 1 fully saturated rings. The third kappa shape index (κ3) is 7.63. The van der Waals surface area contributed by atoms with E-state index in [1.165, 1.54) is 83.6 Å². The van der Waals surface area contributed by atoms with Crippen LogP contribution in [-0.2, 0) is 0 Å². The van der Waals surface area contributed by atoms with Gasteiger partial charge < -0.3 is 5.32 Å². The number of halogens is 1. The first kappa shape index (κ1) is 16.3.